The van der Waals surface area contributed by atoms with Crippen LogP contribution in [0.25, 0.3) is 11.2 Å². The van der Waals surface area contributed by atoms with Crippen molar-refractivity contribution in [2.75, 3.05) is 6.61 Å². The average molecular weight is 630 g/mol. The van der Waals surface area contributed by atoms with Gasteiger partial charge in [-0.15, -0.1) is 0 Å². The number of esters is 2. The fraction of sp³-hybridized carbons (Fsp3) is 0.269. The molecule has 4 aromatic rings. The van der Waals surface area contributed by atoms with Crippen LogP contribution in [0.5, 0.6) is 0 Å². The zero-order chi connectivity index (χ0) is 26.1. The SMILES string of the molecule is Cc1ccc(C(=O)OC[C@H]2O[C@@H](n3cnc4nc(Br)nc(Br)c43)C[C@@H]2OC(=O)c2ccc(C)cc2)cc1. The third-order valence-corrected chi connectivity index (χ3v) is 6.97. The van der Waals surface area contributed by atoms with E-state index in [1.54, 1.807) is 35.2 Å². The van der Waals surface area contributed by atoms with Crippen LogP contribution in [-0.2, 0) is 14.2 Å². The fourth-order valence-electron chi connectivity index (χ4n) is 4.07. The molecule has 5 rings (SSSR count). The van der Waals surface area contributed by atoms with Crippen LogP contribution in [0.1, 0.15) is 44.5 Å². The molecule has 2 aromatic heterocycles. The Balaban J connectivity index is 1.37. The lowest BCUT2D eigenvalue weighted by molar-refractivity contribution is -0.0562. The van der Waals surface area contributed by atoms with Crippen molar-refractivity contribution in [1.29, 1.82) is 0 Å². The monoisotopic (exact) mass is 628 g/mol. The lowest BCUT2D eigenvalue weighted by atomic mass is 10.1. The Morgan fingerprint density at radius 3 is 2.24 bits per heavy atom. The van der Waals surface area contributed by atoms with Crippen LogP contribution in [0.2, 0.25) is 0 Å². The van der Waals surface area contributed by atoms with Gasteiger partial charge in [-0.25, -0.2) is 24.5 Å². The van der Waals surface area contributed by atoms with E-state index in [1.165, 1.54) is 0 Å². The smallest absolute Gasteiger partial charge is 0.338 e. The molecule has 37 heavy (non-hydrogen) atoms. The van der Waals surface area contributed by atoms with Gasteiger partial charge in [0.1, 0.15) is 35.2 Å². The topological polar surface area (TPSA) is 105 Å². The maximum absolute atomic E-state index is 12.9. The van der Waals surface area contributed by atoms with Gasteiger partial charge >= 0.3 is 11.9 Å². The largest absolute Gasteiger partial charge is 0.459 e. The first-order valence-electron chi connectivity index (χ1n) is 11.5. The molecule has 0 spiro atoms. The lowest BCUT2D eigenvalue weighted by Crippen LogP contribution is -2.32. The number of hydrogen-bond donors (Lipinski definition) is 0. The van der Waals surface area contributed by atoms with Gasteiger partial charge in [-0.3, -0.25) is 4.57 Å². The average Bonchev–Trinajstić information content (AvgIpc) is 3.47. The number of benzene rings is 2. The Kier molecular flexibility index (Phi) is 7.36. The molecule has 0 N–H and O–H groups in total. The number of imidazole rings is 1. The number of aryl methyl sites for hydroxylation is 2. The summed E-state index contributed by atoms with van der Waals surface area (Å²) >= 11 is 6.73. The Morgan fingerprint density at radius 1 is 0.973 bits per heavy atom. The molecule has 9 nitrogen and oxygen atoms in total. The highest BCUT2D eigenvalue weighted by atomic mass is 79.9. The van der Waals surface area contributed by atoms with Crippen LogP contribution in [-0.4, -0.2) is 50.3 Å². The van der Waals surface area contributed by atoms with Crippen molar-refractivity contribution in [3.63, 3.8) is 0 Å². The summed E-state index contributed by atoms with van der Waals surface area (Å²) in [5.41, 5.74) is 4.04. The van der Waals surface area contributed by atoms with Gasteiger partial charge in [0.05, 0.1) is 17.5 Å². The second kappa shape index (κ2) is 10.7. The quantitative estimate of drug-likeness (QED) is 0.160. The number of rotatable bonds is 6. The third-order valence-electron chi connectivity index (χ3n) is 6.06. The minimum absolute atomic E-state index is 0.0924. The van der Waals surface area contributed by atoms with Crippen molar-refractivity contribution in [3.8, 4) is 0 Å². The third kappa shape index (κ3) is 5.58. The molecule has 0 unspecified atom stereocenters. The van der Waals surface area contributed by atoms with E-state index in [2.05, 4.69) is 46.8 Å². The number of nitrogens with zero attached hydrogens (tertiary/aromatic N) is 4. The van der Waals surface area contributed by atoms with Gasteiger partial charge in [0, 0.05) is 6.42 Å². The van der Waals surface area contributed by atoms with Crippen molar-refractivity contribution in [2.24, 2.45) is 0 Å². The number of carbonyl (C=O) groups excluding carboxylic acids is 2. The summed E-state index contributed by atoms with van der Waals surface area (Å²) in [4.78, 5) is 38.5. The van der Waals surface area contributed by atoms with Crippen LogP contribution in [0.4, 0.5) is 0 Å². The Labute approximate surface area is 229 Å². The second-order valence-electron chi connectivity index (χ2n) is 8.75. The summed E-state index contributed by atoms with van der Waals surface area (Å²) < 4.78 is 20.4. The molecular formula is C26H22Br2N4O5. The molecule has 0 radical (unpaired) electrons. The van der Waals surface area contributed by atoms with E-state index in [0.29, 0.717) is 38.0 Å². The summed E-state index contributed by atoms with van der Waals surface area (Å²) in [6.07, 6.45) is 0.00239. The fourth-order valence-corrected chi connectivity index (χ4v) is 5.20. The van der Waals surface area contributed by atoms with Crippen molar-refractivity contribution in [3.05, 3.63) is 86.4 Å². The molecule has 0 bridgehead atoms. The summed E-state index contributed by atoms with van der Waals surface area (Å²) in [6.45, 7) is 3.79. The molecule has 0 amide bonds. The summed E-state index contributed by atoms with van der Waals surface area (Å²) in [5.74, 6) is -0.960. The van der Waals surface area contributed by atoms with Gasteiger partial charge in [0.2, 0.25) is 0 Å². The number of carbonyl (C=O) groups is 2. The van der Waals surface area contributed by atoms with E-state index in [9.17, 15) is 9.59 Å². The maximum Gasteiger partial charge on any atom is 0.338 e. The van der Waals surface area contributed by atoms with Gasteiger partial charge in [-0.05, 0) is 70.0 Å². The molecule has 1 aliphatic heterocycles. The van der Waals surface area contributed by atoms with Gasteiger partial charge < -0.3 is 14.2 Å². The Morgan fingerprint density at radius 2 is 1.59 bits per heavy atom. The standard InChI is InChI=1S/C26H22Br2N4O5/c1-14-3-7-16(8-4-14)24(33)35-12-19-18(37-25(34)17-9-5-15(2)6-10-17)11-20(36-19)32-13-29-23-21(32)22(27)30-26(28)31-23/h3-10,13,18-20H,11-12H2,1-2H3/t18-,19+,20+/m0/s1. The van der Waals surface area contributed by atoms with Crippen LogP contribution >= 0.6 is 31.9 Å². The van der Waals surface area contributed by atoms with Crippen LogP contribution in [0.15, 0.2) is 64.2 Å². The van der Waals surface area contributed by atoms with E-state index < -0.39 is 30.4 Å². The number of ether oxygens (including phenoxy) is 3. The van der Waals surface area contributed by atoms with Gasteiger partial charge in [0.25, 0.3) is 0 Å². The minimum Gasteiger partial charge on any atom is -0.459 e. The van der Waals surface area contributed by atoms with Crippen molar-refractivity contribution in [2.45, 2.75) is 38.7 Å². The molecule has 3 atom stereocenters. The molecule has 0 saturated carbocycles. The zero-order valence-electron chi connectivity index (χ0n) is 19.9. The van der Waals surface area contributed by atoms with E-state index >= 15 is 0 Å². The van der Waals surface area contributed by atoms with Crippen LogP contribution in [0, 0.1) is 13.8 Å². The normalized spacial score (nSPS) is 19.2. The predicted molar refractivity (Wildman–Crippen MR) is 141 cm³/mol. The molecule has 1 saturated heterocycles. The number of aromatic nitrogens is 4. The number of fused-ring (bicyclic) bond motifs is 1. The van der Waals surface area contributed by atoms with Crippen molar-refractivity contribution in [1.82, 2.24) is 19.5 Å². The van der Waals surface area contributed by atoms with Crippen LogP contribution < -0.4 is 0 Å². The maximum atomic E-state index is 12.9. The summed E-state index contributed by atoms with van der Waals surface area (Å²) in [7, 11) is 0. The first kappa shape index (κ1) is 25.5. The van der Waals surface area contributed by atoms with E-state index in [0.717, 1.165) is 11.1 Å². The first-order chi connectivity index (χ1) is 17.8. The lowest BCUT2D eigenvalue weighted by Gasteiger charge is -2.19. The highest BCUT2D eigenvalue weighted by molar-refractivity contribution is 9.11. The number of hydrogen-bond acceptors (Lipinski definition) is 8. The van der Waals surface area contributed by atoms with E-state index in [4.69, 9.17) is 14.2 Å². The molecule has 11 heteroatoms. The molecular weight excluding hydrogens is 608 g/mol. The van der Waals surface area contributed by atoms with Crippen molar-refractivity contribution < 1.29 is 23.8 Å². The Bertz CT molecular complexity index is 1460. The molecule has 3 heterocycles. The second-order valence-corrected chi connectivity index (χ2v) is 10.2. The van der Waals surface area contributed by atoms with E-state index in [1.807, 2.05) is 38.1 Å². The molecule has 0 aliphatic carbocycles. The van der Waals surface area contributed by atoms with Crippen molar-refractivity contribution >= 4 is 55.0 Å². The molecule has 1 fully saturated rings. The Hall–Kier alpha value is -3.15. The summed E-state index contributed by atoms with van der Waals surface area (Å²) in [5, 5.41) is 0. The zero-order valence-corrected chi connectivity index (χ0v) is 23.1. The van der Waals surface area contributed by atoms with Gasteiger partial charge in [-0.2, -0.15) is 0 Å². The minimum atomic E-state index is -0.693. The molecule has 2 aromatic carbocycles. The van der Waals surface area contributed by atoms with Gasteiger partial charge in [0.15, 0.2) is 10.4 Å². The van der Waals surface area contributed by atoms with Crippen LogP contribution in [0.3, 0.4) is 0 Å². The predicted octanol–water partition coefficient (Wildman–Crippen LogP) is 5.34. The van der Waals surface area contributed by atoms with Gasteiger partial charge in [-0.1, -0.05) is 35.4 Å². The molecule has 1 aliphatic rings. The summed E-state index contributed by atoms with van der Waals surface area (Å²) in [6, 6.07) is 14.2. The highest BCUT2D eigenvalue weighted by Gasteiger charge is 2.40. The highest BCUT2D eigenvalue weighted by Crippen LogP contribution is 2.35. The first-order valence-corrected chi connectivity index (χ1v) is 13.1. The number of halogens is 2. The van der Waals surface area contributed by atoms with E-state index in [-0.39, 0.29) is 6.61 Å². The molecule has 190 valence electrons.